The molecule has 40 heavy (non-hydrogen) atoms. The van der Waals surface area contributed by atoms with Crippen molar-refractivity contribution >= 4 is 21.6 Å². The first-order valence-electron chi connectivity index (χ1n) is 13.4. The number of piperazine rings is 1. The van der Waals surface area contributed by atoms with E-state index in [-0.39, 0.29) is 62.4 Å². The van der Waals surface area contributed by atoms with Crippen molar-refractivity contribution in [2.24, 2.45) is 0 Å². The lowest BCUT2D eigenvalue weighted by atomic mass is 10.1. The molecule has 1 saturated carbocycles. The number of carbonyl (C=O) groups is 1. The molecular weight excluding hydrogens is 536 g/mol. The number of amides is 1. The van der Waals surface area contributed by atoms with Crippen LogP contribution in [-0.2, 0) is 14.8 Å². The van der Waals surface area contributed by atoms with Crippen LogP contribution in [0.15, 0.2) is 27.9 Å². The second kappa shape index (κ2) is 12.0. The van der Waals surface area contributed by atoms with E-state index >= 15 is 0 Å². The normalized spacial score (nSPS) is 16.7. The lowest BCUT2D eigenvalue weighted by Crippen LogP contribution is -2.50. The van der Waals surface area contributed by atoms with Gasteiger partial charge in [-0.05, 0) is 51.8 Å². The maximum Gasteiger partial charge on any atom is 0.409 e. The van der Waals surface area contributed by atoms with Gasteiger partial charge in [0.1, 0.15) is 11.6 Å². The van der Waals surface area contributed by atoms with Crippen LogP contribution in [0, 0.1) is 6.92 Å². The van der Waals surface area contributed by atoms with Gasteiger partial charge < -0.3 is 19.4 Å². The van der Waals surface area contributed by atoms with E-state index in [2.05, 4.69) is 9.97 Å². The Hall–Kier alpha value is -3.45. The summed E-state index contributed by atoms with van der Waals surface area (Å²) in [4.78, 5) is 34.3. The number of carbonyl (C=O) groups excluding carboxylic acids is 1. The third-order valence-electron chi connectivity index (χ3n) is 7.33. The number of ether oxygens (including phenoxy) is 2. The first-order chi connectivity index (χ1) is 18.7. The molecule has 1 amide bonds. The summed E-state index contributed by atoms with van der Waals surface area (Å²) in [6.07, 6.45) is 3.75. The van der Waals surface area contributed by atoms with Gasteiger partial charge in [0.15, 0.2) is 11.3 Å². The van der Waals surface area contributed by atoms with E-state index < -0.39 is 16.1 Å². The number of hydrogen-bond acceptors (Lipinski definition) is 8. The molecule has 1 aliphatic carbocycles. The Labute approximate surface area is 234 Å². The maximum absolute atomic E-state index is 13.6. The highest BCUT2D eigenvalue weighted by Gasteiger charge is 2.32. The number of nitrogens with zero attached hydrogens (tertiary/aromatic N) is 5. The van der Waals surface area contributed by atoms with Crippen LogP contribution >= 0.6 is 0 Å². The van der Waals surface area contributed by atoms with Crippen LogP contribution in [-0.4, -0.2) is 82.7 Å². The molecular formula is C27H38N6O6S. The predicted octanol–water partition coefficient (Wildman–Crippen LogP) is 3.55. The molecule has 0 bridgehead atoms. The molecule has 1 N–H and O–H groups in total. The molecule has 1 aliphatic heterocycles. The standard InChI is InChI=1S/C26H34N6O6S.CH4/c1-4-37-21-11-10-19(39(35,36)31-14-12-30(13-15-31)26(34)38-5-2)16-20(21)23-28-25(33)22-17(3)27-24(32(22)29-23)18-8-6-7-9-18;/h10-11,16,18H,4-9,12-15H2,1-3H3,(H,28,29,33);1H4. The van der Waals surface area contributed by atoms with E-state index in [1.54, 1.807) is 24.4 Å². The van der Waals surface area contributed by atoms with Gasteiger partial charge in [-0.25, -0.2) is 22.7 Å². The van der Waals surface area contributed by atoms with Gasteiger partial charge in [0.05, 0.1) is 29.4 Å². The summed E-state index contributed by atoms with van der Waals surface area (Å²) in [7, 11) is -3.90. The van der Waals surface area contributed by atoms with Gasteiger partial charge >= 0.3 is 6.09 Å². The quantitative estimate of drug-likeness (QED) is 0.452. The minimum Gasteiger partial charge on any atom is -0.493 e. The zero-order valence-electron chi connectivity index (χ0n) is 22.5. The number of aryl methyl sites for hydroxylation is 1. The number of benzene rings is 1. The fraction of sp³-hybridized carbons (Fsp3) is 0.556. The lowest BCUT2D eigenvalue weighted by molar-refractivity contribution is 0.0934. The largest absolute Gasteiger partial charge is 0.493 e. The SMILES string of the molecule is C.CCOC(=O)N1CCN(S(=O)(=O)c2ccc(OCC)c(-c3nn4c(C5CCCC5)nc(C)c4c(=O)[nH]3)c2)CC1. The molecule has 2 aliphatic rings. The fourth-order valence-corrected chi connectivity index (χ4v) is 6.82. The van der Waals surface area contributed by atoms with Crippen LogP contribution in [0.2, 0.25) is 0 Å². The van der Waals surface area contributed by atoms with Gasteiger partial charge in [0.2, 0.25) is 10.0 Å². The molecule has 3 heterocycles. The number of aromatic amines is 1. The van der Waals surface area contributed by atoms with E-state index in [9.17, 15) is 18.0 Å². The van der Waals surface area contributed by atoms with Gasteiger partial charge in [-0.3, -0.25) is 4.79 Å². The number of sulfonamides is 1. The Kier molecular flexibility index (Phi) is 8.83. The van der Waals surface area contributed by atoms with Gasteiger partial charge in [-0.1, -0.05) is 20.3 Å². The van der Waals surface area contributed by atoms with Crippen LogP contribution in [0.4, 0.5) is 4.79 Å². The van der Waals surface area contributed by atoms with Crippen molar-refractivity contribution in [2.45, 2.75) is 64.7 Å². The first-order valence-corrected chi connectivity index (χ1v) is 14.9. The smallest absolute Gasteiger partial charge is 0.409 e. The van der Waals surface area contributed by atoms with Gasteiger partial charge in [0, 0.05) is 32.1 Å². The Morgan fingerprint density at radius 1 is 1.10 bits per heavy atom. The average Bonchev–Trinajstić information content (AvgIpc) is 3.57. The molecule has 0 unspecified atom stereocenters. The van der Waals surface area contributed by atoms with Crippen molar-refractivity contribution in [1.29, 1.82) is 0 Å². The minimum atomic E-state index is -3.90. The van der Waals surface area contributed by atoms with Crippen molar-refractivity contribution in [3.63, 3.8) is 0 Å². The number of rotatable bonds is 7. The summed E-state index contributed by atoms with van der Waals surface area (Å²) in [6.45, 7) is 6.71. The number of H-pyrrole nitrogens is 1. The summed E-state index contributed by atoms with van der Waals surface area (Å²) in [6, 6.07) is 4.56. The summed E-state index contributed by atoms with van der Waals surface area (Å²) in [5.41, 5.74) is 1.02. The van der Waals surface area contributed by atoms with Crippen molar-refractivity contribution in [2.75, 3.05) is 39.4 Å². The van der Waals surface area contributed by atoms with E-state index in [1.165, 1.54) is 21.3 Å². The van der Waals surface area contributed by atoms with Crippen LogP contribution in [0.5, 0.6) is 5.75 Å². The summed E-state index contributed by atoms with van der Waals surface area (Å²) < 4.78 is 41.0. The molecule has 0 atom stereocenters. The van der Waals surface area contributed by atoms with Gasteiger partial charge in [0.25, 0.3) is 5.56 Å². The third-order valence-corrected chi connectivity index (χ3v) is 9.22. The Morgan fingerprint density at radius 3 is 2.45 bits per heavy atom. The zero-order chi connectivity index (χ0) is 27.7. The van der Waals surface area contributed by atoms with Crippen LogP contribution < -0.4 is 10.3 Å². The van der Waals surface area contributed by atoms with Crippen molar-refractivity contribution < 1.29 is 22.7 Å². The molecule has 1 saturated heterocycles. The number of nitrogens with one attached hydrogen (secondary N) is 1. The maximum atomic E-state index is 13.6. The Morgan fingerprint density at radius 2 is 1.80 bits per heavy atom. The number of imidazole rings is 1. The Bertz CT molecular complexity index is 1530. The van der Waals surface area contributed by atoms with Crippen molar-refractivity contribution in [3.05, 3.63) is 40.1 Å². The molecule has 12 nitrogen and oxygen atoms in total. The zero-order valence-corrected chi connectivity index (χ0v) is 23.3. The highest BCUT2D eigenvalue weighted by molar-refractivity contribution is 7.89. The molecule has 5 rings (SSSR count). The van der Waals surface area contributed by atoms with Gasteiger partial charge in [-0.15, -0.1) is 5.10 Å². The summed E-state index contributed by atoms with van der Waals surface area (Å²) in [5, 5.41) is 4.75. The van der Waals surface area contributed by atoms with Crippen molar-refractivity contribution in [1.82, 2.24) is 28.8 Å². The van der Waals surface area contributed by atoms with Gasteiger partial charge in [-0.2, -0.15) is 4.31 Å². The van der Waals surface area contributed by atoms with Crippen LogP contribution in [0.3, 0.4) is 0 Å². The van der Waals surface area contributed by atoms with E-state index in [0.717, 1.165) is 31.5 Å². The second-order valence-corrected chi connectivity index (χ2v) is 11.7. The molecule has 2 fully saturated rings. The van der Waals surface area contributed by atoms with E-state index in [1.807, 2.05) is 6.92 Å². The van der Waals surface area contributed by atoms with Crippen LogP contribution in [0.1, 0.15) is 64.4 Å². The van der Waals surface area contributed by atoms with Crippen LogP contribution in [0.25, 0.3) is 16.9 Å². The minimum absolute atomic E-state index is 0. The fourth-order valence-electron chi connectivity index (χ4n) is 5.37. The van der Waals surface area contributed by atoms with E-state index in [0.29, 0.717) is 29.1 Å². The third kappa shape index (κ3) is 5.44. The summed E-state index contributed by atoms with van der Waals surface area (Å²) >= 11 is 0. The topological polar surface area (TPSA) is 139 Å². The van der Waals surface area contributed by atoms with E-state index in [4.69, 9.17) is 14.6 Å². The molecule has 13 heteroatoms. The highest BCUT2D eigenvalue weighted by Crippen LogP contribution is 2.35. The monoisotopic (exact) mass is 574 g/mol. The molecule has 0 radical (unpaired) electrons. The molecule has 3 aromatic rings. The number of fused-ring (bicyclic) bond motifs is 1. The highest BCUT2D eigenvalue weighted by atomic mass is 32.2. The molecule has 0 spiro atoms. The molecule has 218 valence electrons. The molecule has 2 aromatic heterocycles. The first kappa shape index (κ1) is 29.5. The predicted molar refractivity (Wildman–Crippen MR) is 150 cm³/mol. The molecule has 1 aromatic carbocycles. The number of aromatic nitrogens is 4. The average molecular weight is 575 g/mol. The summed E-state index contributed by atoms with van der Waals surface area (Å²) in [5.74, 6) is 1.59. The Balaban J connectivity index is 0.00000370. The number of hydrogen-bond donors (Lipinski definition) is 1. The second-order valence-electron chi connectivity index (χ2n) is 9.78. The van der Waals surface area contributed by atoms with Crippen molar-refractivity contribution in [3.8, 4) is 17.1 Å². The lowest BCUT2D eigenvalue weighted by Gasteiger charge is -2.33.